The van der Waals surface area contributed by atoms with Crippen molar-refractivity contribution < 1.29 is 18.0 Å². The lowest BCUT2D eigenvalue weighted by Gasteiger charge is -2.10. The molecule has 3 aromatic heterocycles. The Hall–Kier alpha value is -4.53. The van der Waals surface area contributed by atoms with Gasteiger partial charge in [-0.25, -0.2) is 9.97 Å². The Balaban J connectivity index is 1.46. The molecule has 1 amide bonds. The van der Waals surface area contributed by atoms with E-state index in [2.05, 4.69) is 25.3 Å². The van der Waals surface area contributed by atoms with Gasteiger partial charge >= 0.3 is 6.18 Å². The van der Waals surface area contributed by atoms with Gasteiger partial charge in [0.2, 0.25) is 0 Å². The molecule has 3 heterocycles. The SMILES string of the molecule is O=C(Nc1cccc(-c2ncnc3[nH]c(-c4ccncc4)cc23)c1)c1cccc(C(F)(F)F)c1. The number of carbonyl (C=O) groups excluding carboxylic acids is 1. The number of carbonyl (C=O) groups is 1. The Morgan fingerprint density at radius 3 is 2.47 bits per heavy atom. The van der Waals surface area contributed by atoms with Gasteiger partial charge in [-0.05, 0) is 48.5 Å². The second-order valence-electron chi connectivity index (χ2n) is 7.52. The Morgan fingerprint density at radius 1 is 0.882 bits per heavy atom. The van der Waals surface area contributed by atoms with E-state index in [0.717, 1.165) is 34.3 Å². The van der Waals surface area contributed by atoms with E-state index in [1.165, 1.54) is 18.5 Å². The molecule has 168 valence electrons. The number of benzene rings is 2. The molecule has 0 aliphatic carbocycles. The van der Waals surface area contributed by atoms with Gasteiger partial charge in [0.05, 0.1) is 11.3 Å². The zero-order valence-corrected chi connectivity index (χ0v) is 17.5. The van der Waals surface area contributed by atoms with Crippen molar-refractivity contribution in [2.75, 3.05) is 5.32 Å². The molecule has 5 aromatic rings. The standard InChI is InChI=1S/C25H16F3N5O/c26-25(27,28)18-5-1-4-17(11-18)24(34)32-19-6-2-3-16(12-19)22-20-13-21(15-7-9-29-10-8-15)33-23(20)31-14-30-22/h1-14H,(H,32,34)(H,30,31,33). The molecule has 6 nitrogen and oxygen atoms in total. The predicted octanol–water partition coefficient (Wildman–Crippen LogP) is 5.96. The van der Waals surface area contributed by atoms with E-state index >= 15 is 0 Å². The average Bonchev–Trinajstić information content (AvgIpc) is 3.29. The Bertz CT molecular complexity index is 1500. The smallest absolute Gasteiger partial charge is 0.339 e. The van der Waals surface area contributed by atoms with Gasteiger partial charge in [-0.1, -0.05) is 18.2 Å². The number of pyridine rings is 1. The van der Waals surface area contributed by atoms with Crippen LogP contribution in [0.5, 0.6) is 0 Å². The van der Waals surface area contributed by atoms with Crippen LogP contribution in [-0.2, 0) is 6.18 Å². The Morgan fingerprint density at radius 2 is 1.68 bits per heavy atom. The van der Waals surface area contributed by atoms with Crippen molar-refractivity contribution in [3.05, 3.63) is 96.6 Å². The third kappa shape index (κ3) is 4.23. The summed E-state index contributed by atoms with van der Waals surface area (Å²) < 4.78 is 39.0. The molecular formula is C25H16F3N5O. The minimum atomic E-state index is -4.53. The van der Waals surface area contributed by atoms with E-state index in [9.17, 15) is 18.0 Å². The number of hydrogen-bond acceptors (Lipinski definition) is 4. The maximum absolute atomic E-state index is 13.0. The molecule has 0 bridgehead atoms. The molecule has 0 unspecified atom stereocenters. The minimum Gasteiger partial charge on any atom is -0.339 e. The van der Waals surface area contributed by atoms with E-state index in [1.807, 2.05) is 24.3 Å². The molecule has 0 aliphatic heterocycles. The highest BCUT2D eigenvalue weighted by Crippen LogP contribution is 2.32. The number of amides is 1. The normalized spacial score (nSPS) is 11.5. The molecule has 0 aliphatic rings. The molecule has 0 saturated carbocycles. The van der Waals surface area contributed by atoms with Gasteiger partial charge in [-0.15, -0.1) is 0 Å². The minimum absolute atomic E-state index is 0.0859. The summed E-state index contributed by atoms with van der Waals surface area (Å²) >= 11 is 0. The van der Waals surface area contributed by atoms with Gasteiger partial charge in [0.25, 0.3) is 5.91 Å². The Labute approximate surface area is 191 Å². The van der Waals surface area contributed by atoms with Crippen LogP contribution in [0.4, 0.5) is 18.9 Å². The number of rotatable bonds is 4. The molecule has 0 fully saturated rings. The van der Waals surface area contributed by atoms with Crippen molar-refractivity contribution >= 4 is 22.6 Å². The molecule has 5 rings (SSSR count). The molecular weight excluding hydrogens is 443 g/mol. The first-order chi connectivity index (χ1) is 16.4. The van der Waals surface area contributed by atoms with Crippen molar-refractivity contribution in [2.45, 2.75) is 6.18 Å². The zero-order valence-electron chi connectivity index (χ0n) is 17.5. The molecule has 2 N–H and O–H groups in total. The van der Waals surface area contributed by atoms with Crippen molar-refractivity contribution in [1.29, 1.82) is 0 Å². The van der Waals surface area contributed by atoms with Crippen molar-refractivity contribution in [2.24, 2.45) is 0 Å². The molecule has 0 atom stereocenters. The van der Waals surface area contributed by atoms with E-state index in [1.54, 1.807) is 30.6 Å². The quantitative estimate of drug-likeness (QED) is 0.348. The maximum Gasteiger partial charge on any atom is 0.416 e. The third-order valence-electron chi connectivity index (χ3n) is 5.26. The Kier molecular flexibility index (Phi) is 5.29. The van der Waals surface area contributed by atoms with E-state index in [-0.39, 0.29) is 5.56 Å². The number of aromatic nitrogens is 4. The third-order valence-corrected chi connectivity index (χ3v) is 5.26. The number of nitrogens with one attached hydrogen (secondary N) is 2. The molecule has 0 spiro atoms. The van der Waals surface area contributed by atoms with Crippen LogP contribution in [0, 0.1) is 0 Å². The number of nitrogens with zero attached hydrogens (tertiary/aromatic N) is 3. The highest BCUT2D eigenvalue weighted by molar-refractivity contribution is 6.05. The number of anilines is 1. The summed E-state index contributed by atoms with van der Waals surface area (Å²) in [7, 11) is 0. The highest BCUT2D eigenvalue weighted by atomic mass is 19.4. The summed E-state index contributed by atoms with van der Waals surface area (Å²) in [6, 6.07) is 16.9. The van der Waals surface area contributed by atoms with Crippen LogP contribution in [0.2, 0.25) is 0 Å². The van der Waals surface area contributed by atoms with Gasteiger partial charge in [0, 0.05) is 45.9 Å². The number of H-pyrrole nitrogens is 1. The first kappa shape index (κ1) is 21.3. The van der Waals surface area contributed by atoms with Crippen molar-refractivity contribution in [3.63, 3.8) is 0 Å². The van der Waals surface area contributed by atoms with Crippen LogP contribution in [0.25, 0.3) is 33.5 Å². The fraction of sp³-hybridized carbons (Fsp3) is 0.0400. The molecule has 34 heavy (non-hydrogen) atoms. The summed E-state index contributed by atoms with van der Waals surface area (Å²) in [6.07, 6.45) is 0.312. The summed E-state index contributed by atoms with van der Waals surface area (Å²) in [5, 5.41) is 3.45. The van der Waals surface area contributed by atoms with Gasteiger partial charge in [0.15, 0.2) is 0 Å². The topological polar surface area (TPSA) is 83.6 Å². The zero-order chi connectivity index (χ0) is 23.7. The number of aromatic amines is 1. The van der Waals surface area contributed by atoms with Crippen LogP contribution in [0.15, 0.2) is 85.5 Å². The first-order valence-corrected chi connectivity index (χ1v) is 10.2. The van der Waals surface area contributed by atoms with Gasteiger partial charge in [-0.3, -0.25) is 9.78 Å². The second-order valence-corrected chi connectivity index (χ2v) is 7.52. The van der Waals surface area contributed by atoms with Gasteiger partial charge < -0.3 is 10.3 Å². The molecule has 2 aromatic carbocycles. The number of hydrogen-bond donors (Lipinski definition) is 2. The summed E-state index contributed by atoms with van der Waals surface area (Å²) in [4.78, 5) is 28.6. The number of alkyl halides is 3. The molecule has 9 heteroatoms. The average molecular weight is 459 g/mol. The first-order valence-electron chi connectivity index (χ1n) is 10.2. The number of fused-ring (bicyclic) bond motifs is 1. The van der Waals surface area contributed by atoms with Crippen LogP contribution < -0.4 is 5.32 Å². The van der Waals surface area contributed by atoms with Crippen molar-refractivity contribution in [3.8, 4) is 22.5 Å². The lowest BCUT2D eigenvalue weighted by molar-refractivity contribution is -0.137. The van der Waals surface area contributed by atoms with Crippen LogP contribution in [0.3, 0.4) is 0 Å². The fourth-order valence-corrected chi connectivity index (χ4v) is 3.64. The van der Waals surface area contributed by atoms with Crippen LogP contribution in [0.1, 0.15) is 15.9 Å². The largest absolute Gasteiger partial charge is 0.416 e. The highest BCUT2D eigenvalue weighted by Gasteiger charge is 2.30. The van der Waals surface area contributed by atoms with Crippen LogP contribution in [-0.4, -0.2) is 25.8 Å². The summed E-state index contributed by atoms with van der Waals surface area (Å²) in [5.41, 5.74) is 3.28. The molecule has 0 saturated heterocycles. The number of halogens is 3. The van der Waals surface area contributed by atoms with Gasteiger partial charge in [-0.2, -0.15) is 13.2 Å². The van der Waals surface area contributed by atoms with Crippen molar-refractivity contribution in [1.82, 2.24) is 19.9 Å². The lowest BCUT2D eigenvalue weighted by atomic mass is 10.1. The summed E-state index contributed by atoms with van der Waals surface area (Å²) in [5.74, 6) is -0.641. The van der Waals surface area contributed by atoms with Crippen LogP contribution >= 0.6 is 0 Å². The van der Waals surface area contributed by atoms with E-state index in [0.29, 0.717) is 17.0 Å². The monoisotopic (exact) mass is 459 g/mol. The van der Waals surface area contributed by atoms with E-state index in [4.69, 9.17) is 0 Å². The van der Waals surface area contributed by atoms with E-state index < -0.39 is 17.6 Å². The summed E-state index contributed by atoms with van der Waals surface area (Å²) in [6.45, 7) is 0. The van der Waals surface area contributed by atoms with Gasteiger partial charge in [0.1, 0.15) is 12.0 Å². The predicted molar refractivity (Wildman–Crippen MR) is 122 cm³/mol. The lowest BCUT2D eigenvalue weighted by Crippen LogP contribution is -2.14. The molecule has 0 radical (unpaired) electrons. The fourth-order valence-electron chi connectivity index (χ4n) is 3.64. The maximum atomic E-state index is 13.0. The second kappa shape index (κ2) is 8.43.